The van der Waals surface area contributed by atoms with Crippen LogP contribution >= 0.6 is 0 Å². The zero-order valence-electron chi connectivity index (χ0n) is 14.3. The Labute approximate surface area is 138 Å². The van der Waals surface area contributed by atoms with Crippen LogP contribution in [-0.2, 0) is 4.74 Å². The van der Waals surface area contributed by atoms with Crippen molar-refractivity contribution in [1.29, 1.82) is 0 Å². The molecule has 2 heterocycles. The topological polar surface area (TPSA) is 70.6 Å². The van der Waals surface area contributed by atoms with Gasteiger partial charge < -0.3 is 15.0 Å². The van der Waals surface area contributed by atoms with Crippen LogP contribution in [0.2, 0.25) is 0 Å². The minimum absolute atomic E-state index is 0.142. The molecule has 0 aromatic carbocycles. The second-order valence-electron chi connectivity index (χ2n) is 5.58. The quantitative estimate of drug-likeness (QED) is 0.797. The average Bonchev–Trinajstić information content (AvgIpc) is 2.56. The summed E-state index contributed by atoms with van der Waals surface area (Å²) < 4.78 is 5.32. The summed E-state index contributed by atoms with van der Waals surface area (Å²) in [5, 5.41) is 2.95. The van der Waals surface area contributed by atoms with Gasteiger partial charge >= 0.3 is 0 Å². The average molecular weight is 321 g/mol. The number of carbonyl (C=O) groups excluding carboxylic acids is 1. The molecule has 0 atom stereocenters. The summed E-state index contributed by atoms with van der Waals surface area (Å²) in [6.07, 6.45) is 0. The number of anilines is 1. The highest BCUT2D eigenvalue weighted by atomic mass is 16.5. The van der Waals surface area contributed by atoms with Crippen LogP contribution < -0.4 is 10.2 Å². The number of nitrogens with zero attached hydrogens (tertiary/aromatic N) is 4. The van der Waals surface area contributed by atoms with Gasteiger partial charge in [0, 0.05) is 45.0 Å². The summed E-state index contributed by atoms with van der Waals surface area (Å²) in [6.45, 7) is 12.5. The molecule has 1 saturated heterocycles. The van der Waals surface area contributed by atoms with Crippen molar-refractivity contribution in [1.82, 2.24) is 20.2 Å². The van der Waals surface area contributed by atoms with Crippen molar-refractivity contribution in [2.75, 3.05) is 57.4 Å². The van der Waals surface area contributed by atoms with Crippen LogP contribution in [0.4, 0.5) is 5.95 Å². The normalized spacial score (nSPS) is 15.4. The van der Waals surface area contributed by atoms with Crippen LogP contribution in [0.25, 0.3) is 0 Å². The fraction of sp³-hybridized carbons (Fsp3) is 0.688. The van der Waals surface area contributed by atoms with Crippen molar-refractivity contribution in [3.05, 3.63) is 17.5 Å². The predicted octanol–water partition coefficient (Wildman–Crippen LogP) is 0.693. The molecular formula is C16H27N5O2. The molecule has 2 rings (SSSR count). The second kappa shape index (κ2) is 8.79. The van der Waals surface area contributed by atoms with E-state index in [4.69, 9.17) is 4.74 Å². The first-order valence-corrected chi connectivity index (χ1v) is 8.33. The van der Waals surface area contributed by atoms with Crippen molar-refractivity contribution in [3.63, 3.8) is 0 Å². The van der Waals surface area contributed by atoms with Crippen LogP contribution in [0.1, 0.15) is 30.0 Å². The number of morpholine rings is 1. The zero-order chi connectivity index (χ0) is 16.7. The first-order chi connectivity index (χ1) is 11.1. The zero-order valence-corrected chi connectivity index (χ0v) is 14.3. The summed E-state index contributed by atoms with van der Waals surface area (Å²) in [7, 11) is 0. The van der Waals surface area contributed by atoms with E-state index in [2.05, 4.69) is 34.0 Å². The molecule has 0 unspecified atom stereocenters. The van der Waals surface area contributed by atoms with Crippen molar-refractivity contribution in [3.8, 4) is 0 Å². The lowest BCUT2D eigenvalue weighted by molar-refractivity contribution is 0.0383. The van der Waals surface area contributed by atoms with E-state index in [1.165, 1.54) is 0 Å². The number of hydrogen-bond acceptors (Lipinski definition) is 6. The van der Waals surface area contributed by atoms with Crippen molar-refractivity contribution >= 4 is 11.9 Å². The molecule has 1 aromatic rings. The molecule has 1 amide bonds. The van der Waals surface area contributed by atoms with E-state index in [-0.39, 0.29) is 5.91 Å². The number of amides is 1. The molecule has 0 bridgehead atoms. The molecule has 0 aliphatic carbocycles. The van der Waals surface area contributed by atoms with Crippen LogP contribution in [0.15, 0.2) is 6.07 Å². The number of aryl methyl sites for hydroxylation is 1. The highest BCUT2D eigenvalue weighted by molar-refractivity contribution is 5.92. The molecule has 0 spiro atoms. The molecule has 0 radical (unpaired) electrons. The van der Waals surface area contributed by atoms with Crippen molar-refractivity contribution in [2.45, 2.75) is 20.8 Å². The molecule has 23 heavy (non-hydrogen) atoms. The van der Waals surface area contributed by atoms with E-state index in [1.54, 1.807) is 6.07 Å². The SMILES string of the molecule is CCN(CC)c1nc(C)cc(C(=O)NCCN2CCOCC2)n1. The van der Waals surface area contributed by atoms with Crippen molar-refractivity contribution in [2.24, 2.45) is 0 Å². The Morgan fingerprint density at radius 2 is 2.00 bits per heavy atom. The minimum atomic E-state index is -0.142. The van der Waals surface area contributed by atoms with Gasteiger partial charge in [0.05, 0.1) is 13.2 Å². The maximum atomic E-state index is 12.3. The Morgan fingerprint density at radius 1 is 1.30 bits per heavy atom. The largest absolute Gasteiger partial charge is 0.379 e. The lowest BCUT2D eigenvalue weighted by Gasteiger charge is -2.26. The molecule has 1 N–H and O–H groups in total. The number of carbonyl (C=O) groups is 1. The first-order valence-electron chi connectivity index (χ1n) is 8.33. The number of rotatable bonds is 7. The molecule has 0 saturated carbocycles. The van der Waals surface area contributed by atoms with Gasteiger partial charge in [-0.25, -0.2) is 9.97 Å². The summed E-state index contributed by atoms with van der Waals surface area (Å²) >= 11 is 0. The van der Waals surface area contributed by atoms with Crippen LogP contribution in [-0.4, -0.2) is 73.3 Å². The third-order valence-corrected chi connectivity index (χ3v) is 3.94. The summed E-state index contributed by atoms with van der Waals surface area (Å²) in [6, 6.07) is 1.73. The summed E-state index contributed by atoms with van der Waals surface area (Å²) in [5.74, 6) is 0.477. The second-order valence-corrected chi connectivity index (χ2v) is 5.58. The molecule has 1 aromatic heterocycles. The van der Waals surface area contributed by atoms with Gasteiger partial charge in [-0.1, -0.05) is 0 Å². The van der Waals surface area contributed by atoms with Gasteiger partial charge in [-0.2, -0.15) is 0 Å². The standard InChI is InChI=1S/C16H27N5O2/c1-4-21(5-2)16-18-13(3)12-14(19-16)15(22)17-6-7-20-8-10-23-11-9-20/h12H,4-11H2,1-3H3,(H,17,22). The molecular weight excluding hydrogens is 294 g/mol. The number of ether oxygens (including phenoxy) is 1. The Balaban J connectivity index is 1.92. The maximum absolute atomic E-state index is 12.3. The Hall–Kier alpha value is -1.73. The van der Waals surface area contributed by atoms with E-state index in [1.807, 2.05) is 11.8 Å². The van der Waals surface area contributed by atoms with Gasteiger partial charge in [-0.15, -0.1) is 0 Å². The Bertz CT molecular complexity index is 513. The Kier molecular flexibility index (Phi) is 6.73. The van der Waals surface area contributed by atoms with Gasteiger partial charge in [-0.05, 0) is 26.8 Å². The molecule has 1 aliphatic rings. The lowest BCUT2D eigenvalue weighted by atomic mass is 10.3. The molecule has 7 nitrogen and oxygen atoms in total. The predicted molar refractivity (Wildman–Crippen MR) is 89.9 cm³/mol. The number of aromatic nitrogens is 2. The van der Waals surface area contributed by atoms with Gasteiger partial charge in [0.15, 0.2) is 0 Å². The first kappa shape index (κ1) is 17.6. The van der Waals surface area contributed by atoms with E-state index in [0.29, 0.717) is 18.2 Å². The highest BCUT2D eigenvalue weighted by Crippen LogP contribution is 2.10. The third-order valence-electron chi connectivity index (χ3n) is 3.94. The van der Waals surface area contributed by atoms with E-state index in [9.17, 15) is 4.79 Å². The third kappa shape index (κ3) is 5.14. The fourth-order valence-electron chi connectivity index (χ4n) is 2.56. The number of hydrogen-bond donors (Lipinski definition) is 1. The van der Waals surface area contributed by atoms with Gasteiger partial charge in [0.25, 0.3) is 5.91 Å². The minimum Gasteiger partial charge on any atom is -0.379 e. The lowest BCUT2D eigenvalue weighted by Crippen LogP contribution is -2.41. The molecule has 1 aliphatic heterocycles. The smallest absolute Gasteiger partial charge is 0.270 e. The monoisotopic (exact) mass is 321 g/mol. The number of nitrogens with one attached hydrogen (secondary N) is 1. The molecule has 128 valence electrons. The summed E-state index contributed by atoms with van der Waals surface area (Å²) in [4.78, 5) is 25.5. The highest BCUT2D eigenvalue weighted by Gasteiger charge is 2.14. The van der Waals surface area contributed by atoms with Crippen LogP contribution in [0.5, 0.6) is 0 Å². The summed E-state index contributed by atoms with van der Waals surface area (Å²) in [5.41, 5.74) is 1.24. The molecule has 7 heteroatoms. The Morgan fingerprint density at radius 3 is 2.65 bits per heavy atom. The van der Waals surface area contributed by atoms with E-state index < -0.39 is 0 Å². The van der Waals surface area contributed by atoms with Gasteiger partial charge in [-0.3, -0.25) is 9.69 Å². The van der Waals surface area contributed by atoms with E-state index >= 15 is 0 Å². The van der Waals surface area contributed by atoms with Crippen LogP contribution in [0, 0.1) is 6.92 Å². The van der Waals surface area contributed by atoms with Gasteiger partial charge in [0.1, 0.15) is 5.69 Å². The molecule has 1 fully saturated rings. The van der Waals surface area contributed by atoms with Crippen molar-refractivity contribution < 1.29 is 9.53 Å². The van der Waals surface area contributed by atoms with E-state index in [0.717, 1.165) is 51.6 Å². The van der Waals surface area contributed by atoms with Crippen LogP contribution in [0.3, 0.4) is 0 Å². The maximum Gasteiger partial charge on any atom is 0.270 e. The fourth-order valence-corrected chi connectivity index (χ4v) is 2.56. The van der Waals surface area contributed by atoms with Gasteiger partial charge in [0.2, 0.25) is 5.95 Å².